The molecule has 9 heteroatoms. The zero-order valence-corrected chi connectivity index (χ0v) is 16.4. The van der Waals surface area contributed by atoms with Gasteiger partial charge >= 0.3 is 23.2 Å². The Balaban J connectivity index is 1.95. The van der Waals surface area contributed by atoms with E-state index in [-0.39, 0.29) is 29.9 Å². The van der Waals surface area contributed by atoms with Crippen molar-refractivity contribution in [3.63, 3.8) is 0 Å². The second-order valence-corrected chi connectivity index (χ2v) is 6.50. The number of rotatable bonds is 9. The fourth-order valence-corrected chi connectivity index (χ4v) is 2.63. The monoisotopic (exact) mass is 417 g/mol. The number of ether oxygens (including phenoxy) is 2. The lowest BCUT2D eigenvalue weighted by molar-refractivity contribution is -0.140. The van der Waals surface area contributed by atoms with Crippen LogP contribution in [0.25, 0.3) is 0 Å². The van der Waals surface area contributed by atoms with E-state index in [1.807, 2.05) is 0 Å². The van der Waals surface area contributed by atoms with Gasteiger partial charge in [-0.15, -0.1) is 0 Å². The molecule has 0 bridgehead atoms. The van der Waals surface area contributed by atoms with Crippen LogP contribution in [-0.2, 0) is 25.5 Å². The van der Waals surface area contributed by atoms with Gasteiger partial charge in [-0.3, -0.25) is 4.79 Å². The maximum Gasteiger partial charge on any atom is 0.339 e. The number of amides is 1. The maximum absolute atomic E-state index is 12.4. The molecule has 29 heavy (non-hydrogen) atoms. The van der Waals surface area contributed by atoms with Gasteiger partial charge in [-0.1, -0.05) is 36.9 Å². The highest BCUT2D eigenvalue weighted by Gasteiger charge is 2.20. The third-order valence-electron chi connectivity index (χ3n) is 3.38. The molecule has 1 N–H and O–H groups in total. The number of carbonyl (C=O) groups excluding carboxylic acids is 3. The maximum atomic E-state index is 12.4. The molecule has 0 heterocycles. The summed E-state index contributed by atoms with van der Waals surface area (Å²) in [5.74, 6) is -1.86. The van der Waals surface area contributed by atoms with E-state index in [1.165, 1.54) is 19.1 Å². The highest BCUT2D eigenvalue weighted by molar-refractivity contribution is 7.79. The van der Waals surface area contributed by atoms with Crippen molar-refractivity contribution < 1.29 is 32.2 Å². The number of esters is 2. The summed E-state index contributed by atoms with van der Waals surface area (Å²) in [6.07, 6.45) is 0. The predicted molar refractivity (Wildman–Crippen MR) is 105 cm³/mol. The van der Waals surface area contributed by atoms with Crippen LogP contribution in [-0.4, -0.2) is 35.3 Å². The summed E-state index contributed by atoms with van der Waals surface area (Å²) in [6.45, 7) is 4.58. The van der Waals surface area contributed by atoms with Crippen LogP contribution in [0, 0.1) is 0 Å². The van der Waals surface area contributed by atoms with Crippen molar-refractivity contribution in [2.24, 2.45) is 0 Å². The first-order valence-electron chi connectivity index (χ1n) is 8.43. The fraction of sp³-hybridized carbons (Fsp3) is 0.150. The molecular weight excluding hydrogens is 398 g/mol. The number of hydrogen-bond donors (Lipinski definition) is 1. The normalized spacial score (nSPS) is 11.1. The van der Waals surface area contributed by atoms with E-state index in [2.05, 4.69) is 11.3 Å². The molecule has 0 aliphatic rings. The predicted octanol–water partition coefficient (Wildman–Crippen LogP) is 2.35. The van der Waals surface area contributed by atoms with Gasteiger partial charge in [-0.2, -0.15) is 4.21 Å². The fourth-order valence-electron chi connectivity index (χ4n) is 2.04. The highest BCUT2D eigenvalue weighted by atomic mass is 32.2. The van der Waals surface area contributed by atoms with E-state index >= 15 is 0 Å². The highest BCUT2D eigenvalue weighted by Crippen LogP contribution is 2.12. The third kappa shape index (κ3) is 6.89. The molecular formula is C20H19NO7S. The largest absolute Gasteiger partial charge is 0.459 e. The summed E-state index contributed by atoms with van der Waals surface area (Å²) in [5, 5.41) is 0. The number of carbonyl (C=O) groups is 3. The van der Waals surface area contributed by atoms with Crippen LogP contribution in [0.15, 0.2) is 66.7 Å². The molecule has 0 radical (unpaired) electrons. The van der Waals surface area contributed by atoms with Crippen LogP contribution in [0.5, 0.6) is 5.75 Å². The van der Waals surface area contributed by atoms with Gasteiger partial charge in [-0.25, -0.2) is 14.3 Å². The minimum absolute atomic E-state index is 0.0343. The second-order valence-electron chi connectivity index (χ2n) is 5.66. The van der Waals surface area contributed by atoms with Crippen molar-refractivity contribution in [1.29, 1.82) is 0 Å². The number of nitrogens with one attached hydrogen (secondary N) is 1. The standard InChI is InChI=1S/C20H19NO7S/c1-14(2)19(23)26-12-13-27-20(24)17-11-7-6-10-16(17)18(22)21-29(25)28-15-8-4-3-5-9-15/h3-11H,1,12-13H2,2H3,(H,21,22). The number of hydrogen-bond acceptors (Lipinski definition) is 7. The zero-order valence-electron chi connectivity index (χ0n) is 15.6. The van der Waals surface area contributed by atoms with E-state index in [1.54, 1.807) is 42.5 Å². The Bertz CT molecular complexity index is 927. The van der Waals surface area contributed by atoms with Gasteiger partial charge in [0.2, 0.25) is 0 Å². The summed E-state index contributed by atoms with van der Waals surface area (Å²) in [6, 6.07) is 14.2. The van der Waals surface area contributed by atoms with E-state index < -0.39 is 29.1 Å². The van der Waals surface area contributed by atoms with Crippen LogP contribution in [0.4, 0.5) is 0 Å². The van der Waals surface area contributed by atoms with E-state index in [0.717, 1.165) is 0 Å². The Kier molecular flexibility index (Phi) is 8.11. The molecule has 0 aliphatic heterocycles. The lowest BCUT2D eigenvalue weighted by Crippen LogP contribution is -2.30. The minimum Gasteiger partial charge on any atom is -0.459 e. The van der Waals surface area contributed by atoms with Gasteiger partial charge in [0, 0.05) is 5.57 Å². The Labute approximate surface area is 170 Å². The lowest BCUT2D eigenvalue weighted by atomic mass is 10.1. The van der Waals surface area contributed by atoms with Crippen LogP contribution in [0.1, 0.15) is 27.6 Å². The third-order valence-corrected chi connectivity index (χ3v) is 4.08. The van der Waals surface area contributed by atoms with Gasteiger partial charge in [-0.05, 0) is 31.2 Å². The summed E-state index contributed by atoms with van der Waals surface area (Å²) in [7, 11) is 0. The van der Waals surface area contributed by atoms with Gasteiger partial charge in [0.1, 0.15) is 19.0 Å². The molecule has 0 spiro atoms. The second kappa shape index (κ2) is 10.8. The molecule has 0 saturated heterocycles. The average Bonchev–Trinajstić information content (AvgIpc) is 2.71. The van der Waals surface area contributed by atoms with Crippen LogP contribution in [0.3, 0.4) is 0 Å². The van der Waals surface area contributed by atoms with E-state index in [9.17, 15) is 18.6 Å². The molecule has 1 atom stereocenters. The Morgan fingerprint density at radius 3 is 2.17 bits per heavy atom. The lowest BCUT2D eigenvalue weighted by Gasteiger charge is -2.10. The van der Waals surface area contributed by atoms with Crippen molar-refractivity contribution in [1.82, 2.24) is 4.72 Å². The van der Waals surface area contributed by atoms with Crippen LogP contribution in [0.2, 0.25) is 0 Å². The van der Waals surface area contributed by atoms with Crippen LogP contribution < -0.4 is 8.91 Å². The molecule has 1 unspecified atom stereocenters. The van der Waals surface area contributed by atoms with Gasteiger partial charge in [0.05, 0.1) is 11.1 Å². The molecule has 0 saturated carbocycles. The Morgan fingerprint density at radius 2 is 1.52 bits per heavy atom. The first-order valence-corrected chi connectivity index (χ1v) is 9.51. The molecule has 8 nitrogen and oxygen atoms in total. The molecule has 0 aromatic heterocycles. The smallest absolute Gasteiger partial charge is 0.339 e. The molecule has 2 rings (SSSR count). The average molecular weight is 417 g/mol. The SMILES string of the molecule is C=C(C)C(=O)OCCOC(=O)c1ccccc1C(=O)NS(=O)Oc1ccccc1. The summed E-state index contributed by atoms with van der Waals surface area (Å²) >= 11 is -2.16. The van der Waals surface area contributed by atoms with Crippen molar-refractivity contribution in [2.75, 3.05) is 13.2 Å². The van der Waals surface area contributed by atoms with Gasteiger partial charge in [0.15, 0.2) is 0 Å². The molecule has 2 aromatic carbocycles. The van der Waals surface area contributed by atoms with E-state index in [0.29, 0.717) is 5.75 Å². The van der Waals surface area contributed by atoms with Gasteiger partial charge < -0.3 is 13.7 Å². The zero-order chi connectivity index (χ0) is 21.2. The molecule has 0 fully saturated rings. The summed E-state index contributed by atoms with van der Waals surface area (Å²) in [4.78, 5) is 35.9. The van der Waals surface area contributed by atoms with Crippen molar-refractivity contribution >= 4 is 29.1 Å². The van der Waals surface area contributed by atoms with Crippen LogP contribution >= 0.6 is 0 Å². The first-order chi connectivity index (χ1) is 13.9. The first kappa shape index (κ1) is 21.8. The molecule has 152 valence electrons. The molecule has 0 aliphatic carbocycles. The van der Waals surface area contributed by atoms with E-state index in [4.69, 9.17) is 13.7 Å². The Morgan fingerprint density at radius 1 is 0.931 bits per heavy atom. The summed E-state index contributed by atoms with van der Waals surface area (Å²) < 4.78 is 29.1. The molecule has 2 aromatic rings. The number of benzene rings is 2. The quantitative estimate of drug-likeness (QED) is 0.379. The molecule has 1 amide bonds. The summed E-state index contributed by atoms with van der Waals surface area (Å²) in [5.41, 5.74) is 0.151. The minimum atomic E-state index is -2.16. The van der Waals surface area contributed by atoms with Gasteiger partial charge in [0.25, 0.3) is 5.91 Å². The van der Waals surface area contributed by atoms with Crippen molar-refractivity contribution in [3.8, 4) is 5.75 Å². The van der Waals surface area contributed by atoms with Crippen molar-refractivity contribution in [2.45, 2.75) is 6.92 Å². The topological polar surface area (TPSA) is 108 Å². The van der Waals surface area contributed by atoms with Crippen molar-refractivity contribution in [3.05, 3.63) is 77.9 Å². The Hall–Kier alpha value is -3.46. The number of para-hydroxylation sites is 1.